The van der Waals surface area contributed by atoms with E-state index in [9.17, 15) is 26.4 Å². The van der Waals surface area contributed by atoms with E-state index in [1.165, 1.54) is 18.0 Å². The second-order valence-corrected chi connectivity index (χ2v) is 9.99. The molecule has 0 saturated carbocycles. The van der Waals surface area contributed by atoms with E-state index in [1.54, 1.807) is 18.2 Å². The molecule has 7 nitrogen and oxygen atoms in total. The number of H-pyrrole nitrogens is 1. The maximum atomic E-state index is 15.3. The van der Waals surface area contributed by atoms with Crippen LogP contribution in [-0.2, 0) is 29.0 Å². The Morgan fingerprint density at radius 3 is 2.65 bits per heavy atom. The van der Waals surface area contributed by atoms with E-state index < -0.39 is 33.8 Å². The Kier molecular flexibility index (Phi) is 6.19. The summed E-state index contributed by atoms with van der Waals surface area (Å²) in [6.07, 6.45) is -3.85. The third-order valence-corrected chi connectivity index (χ3v) is 7.24. The number of amides is 1. The number of imidazole rings is 1. The predicted molar refractivity (Wildman–Crippen MR) is 113 cm³/mol. The van der Waals surface area contributed by atoms with Gasteiger partial charge >= 0.3 is 6.18 Å². The number of carbonyl (C=O) groups is 1. The topological polar surface area (TPSA) is 96.0 Å². The molecule has 12 heteroatoms. The van der Waals surface area contributed by atoms with E-state index in [-0.39, 0.29) is 35.3 Å². The van der Waals surface area contributed by atoms with Gasteiger partial charge in [0.25, 0.3) is 5.91 Å². The predicted octanol–water partition coefficient (Wildman–Crippen LogP) is 3.87. The first-order valence-electron chi connectivity index (χ1n) is 10.4. The molecular formula is C22H20F4N4O3S. The zero-order chi connectivity index (χ0) is 24.7. The number of alkyl halides is 4. The number of benzene rings is 1. The molecule has 34 heavy (non-hydrogen) atoms. The van der Waals surface area contributed by atoms with Crippen LogP contribution in [0.5, 0.6) is 0 Å². The number of nitrogens with zero attached hydrogens (tertiary/aromatic N) is 3. The first-order valence-corrected chi connectivity index (χ1v) is 12.0. The van der Waals surface area contributed by atoms with Crippen LogP contribution < -0.4 is 0 Å². The van der Waals surface area contributed by atoms with Crippen molar-refractivity contribution in [3.8, 4) is 0 Å². The molecule has 3 aromatic rings. The second kappa shape index (κ2) is 8.82. The van der Waals surface area contributed by atoms with Crippen LogP contribution in [0.3, 0.4) is 0 Å². The maximum absolute atomic E-state index is 15.3. The number of nitrogens with one attached hydrogen (secondary N) is 1. The molecule has 1 amide bonds. The number of fused-ring (bicyclic) bond motifs is 1. The normalized spacial score (nSPS) is 15.1. The van der Waals surface area contributed by atoms with E-state index >= 15 is 4.39 Å². The number of hydrogen-bond acceptors (Lipinski definition) is 5. The third-order valence-electron chi connectivity index (χ3n) is 5.68. The largest absolute Gasteiger partial charge is 0.433 e. The molecule has 2 aromatic heterocycles. The molecule has 1 aliphatic heterocycles. The molecule has 1 aromatic carbocycles. The van der Waals surface area contributed by atoms with E-state index in [4.69, 9.17) is 0 Å². The summed E-state index contributed by atoms with van der Waals surface area (Å²) in [5.41, 5.74) is 0.543. The van der Waals surface area contributed by atoms with Gasteiger partial charge in [-0.2, -0.15) is 13.2 Å². The van der Waals surface area contributed by atoms with Crippen molar-refractivity contribution in [3.05, 3.63) is 76.4 Å². The number of halogens is 4. The summed E-state index contributed by atoms with van der Waals surface area (Å²) in [7, 11) is -3.59. The van der Waals surface area contributed by atoms with Crippen LogP contribution in [0.2, 0.25) is 0 Å². The smallest absolute Gasteiger partial charge is 0.335 e. The van der Waals surface area contributed by atoms with Crippen molar-refractivity contribution in [2.75, 3.05) is 12.3 Å². The second-order valence-electron chi connectivity index (χ2n) is 7.79. The molecule has 0 aliphatic carbocycles. The van der Waals surface area contributed by atoms with Gasteiger partial charge in [-0.25, -0.2) is 17.8 Å². The first kappa shape index (κ1) is 23.9. The van der Waals surface area contributed by atoms with E-state index in [1.807, 2.05) is 0 Å². The lowest BCUT2D eigenvalue weighted by Gasteiger charge is -2.30. The van der Waals surface area contributed by atoms with Gasteiger partial charge in [-0.15, -0.1) is 0 Å². The van der Waals surface area contributed by atoms with Gasteiger partial charge in [0, 0.05) is 31.0 Å². The Bertz CT molecular complexity index is 1320. The molecular weight excluding hydrogens is 476 g/mol. The SMILES string of the molecule is CCS(=O)(=O)c1nc(C(=O)N2CCc3c(cccc3C(F)c3ccc(C(F)(F)F)nc3)C2)c[nH]1. The fourth-order valence-electron chi connectivity index (χ4n) is 3.82. The minimum atomic E-state index is -4.61. The lowest BCUT2D eigenvalue weighted by Crippen LogP contribution is -2.36. The molecule has 0 saturated heterocycles. The van der Waals surface area contributed by atoms with Gasteiger partial charge in [0.15, 0.2) is 6.17 Å². The van der Waals surface area contributed by atoms with Crippen molar-refractivity contribution in [1.29, 1.82) is 0 Å². The van der Waals surface area contributed by atoms with Crippen molar-refractivity contribution in [2.45, 2.75) is 37.4 Å². The van der Waals surface area contributed by atoms with Crippen molar-refractivity contribution in [3.63, 3.8) is 0 Å². The Morgan fingerprint density at radius 2 is 2.00 bits per heavy atom. The van der Waals surface area contributed by atoms with Crippen LogP contribution in [0.15, 0.2) is 47.9 Å². The molecule has 180 valence electrons. The molecule has 1 unspecified atom stereocenters. The van der Waals surface area contributed by atoms with Gasteiger partial charge in [-0.3, -0.25) is 9.78 Å². The molecule has 1 aliphatic rings. The Morgan fingerprint density at radius 1 is 1.24 bits per heavy atom. The Hall–Kier alpha value is -3.28. The Balaban J connectivity index is 1.55. The van der Waals surface area contributed by atoms with Crippen molar-refractivity contribution < 1.29 is 30.8 Å². The maximum Gasteiger partial charge on any atom is 0.433 e. The van der Waals surface area contributed by atoms with Gasteiger partial charge in [-0.05, 0) is 29.2 Å². The molecule has 3 heterocycles. The van der Waals surface area contributed by atoms with Gasteiger partial charge in [-0.1, -0.05) is 31.2 Å². The first-order chi connectivity index (χ1) is 16.0. The molecule has 0 fully saturated rings. The summed E-state index contributed by atoms with van der Waals surface area (Å²) >= 11 is 0. The van der Waals surface area contributed by atoms with Crippen LogP contribution in [0, 0.1) is 0 Å². The quantitative estimate of drug-likeness (QED) is 0.541. The summed E-state index contributed by atoms with van der Waals surface area (Å²) in [6, 6.07) is 6.74. The van der Waals surface area contributed by atoms with E-state index in [2.05, 4.69) is 15.0 Å². The van der Waals surface area contributed by atoms with Crippen LogP contribution in [0.1, 0.15) is 51.5 Å². The number of pyridine rings is 1. The average Bonchev–Trinajstić information content (AvgIpc) is 3.33. The molecule has 0 spiro atoms. The number of aromatic amines is 1. The molecule has 4 rings (SSSR count). The standard InChI is InChI=1S/C22H20F4N4O3S/c1-2-34(32,33)21-28-11-17(29-21)20(31)30-9-8-15-14(12-30)4-3-5-16(15)19(23)13-6-7-18(27-10-13)22(24,25)26/h3-7,10-11,19H,2,8-9,12H2,1H3,(H,28,29). The zero-order valence-corrected chi connectivity index (χ0v) is 18.8. The number of rotatable bonds is 5. The summed E-state index contributed by atoms with van der Waals surface area (Å²) in [5, 5.41) is -0.275. The minimum absolute atomic E-state index is 0.00101. The molecule has 0 radical (unpaired) electrons. The highest BCUT2D eigenvalue weighted by atomic mass is 32.2. The van der Waals surface area contributed by atoms with Gasteiger partial charge < -0.3 is 9.88 Å². The van der Waals surface area contributed by atoms with Gasteiger partial charge in [0.1, 0.15) is 11.4 Å². The van der Waals surface area contributed by atoms with Crippen LogP contribution in [-0.4, -0.2) is 46.5 Å². The Labute approximate surface area is 192 Å². The zero-order valence-electron chi connectivity index (χ0n) is 17.9. The molecule has 1 atom stereocenters. The lowest BCUT2D eigenvalue weighted by molar-refractivity contribution is -0.141. The summed E-state index contributed by atoms with van der Waals surface area (Å²) < 4.78 is 77.4. The highest BCUT2D eigenvalue weighted by Crippen LogP contribution is 2.34. The minimum Gasteiger partial charge on any atom is -0.335 e. The highest BCUT2D eigenvalue weighted by Gasteiger charge is 2.33. The van der Waals surface area contributed by atoms with Crippen LogP contribution in [0.25, 0.3) is 0 Å². The monoisotopic (exact) mass is 496 g/mol. The number of carbonyl (C=O) groups excluding carboxylic acids is 1. The van der Waals surface area contributed by atoms with E-state index in [0.717, 1.165) is 18.3 Å². The number of sulfone groups is 1. The number of hydrogen-bond donors (Lipinski definition) is 1. The van der Waals surface area contributed by atoms with Crippen molar-refractivity contribution >= 4 is 15.7 Å². The van der Waals surface area contributed by atoms with Gasteiger partial charge in [0.2, 0.25) is 15.0 Å². The lowest BCUT2D eigenvalue weighted by atomic mass is 9.90. The fourth-order valence-corrected chi connectivity index (χ4v) is 4.57. The molecule has 1 N–H and O–H groups in total. The van der Waals surface area contributed by atoms with E-state index in [0.29, 0.717) is 23.1 Å². The third kappa shape index (κ3) is 4.54. The van der Waals surface area contributed by atoms with Crippen molar-refractivity contribution in [1.82, 2.24) is 19.9 Å². The summed E-state index contributed by atoms with van der Waals surface area (Å²) in [6.45, 7) is 1.86. The summed E-state index contributed by atoms with van der Waals surface area (Å²) in [5.74, 6) is -0.624. The summed E-state index contributed by atoms with van der Waals surface area (Å²) in [4.78, 5) is 24.1. The molecule has 0 bridgehead atoms. The van der Waals surface area contributed by atoms with Crippen LogP contribution in [0.4, 0.5) is 17.6 Å². The van der Waals surface area contributed by atoms with Crippen LogP contribution >= 0.6 is 0 Å². The average molecular weight is 496 g/mol. The highest BCUT2D eigenvalue weighted by molar-refractivity contribution is 7.91. The number of aromatic nitrogens is 3. The van der Waals surface area contributed by atoms with Crippen molar-refractivity contribution in [2.24, 2.45) is 0 Å². The van der Waals surface area contributed by atoms with Gasteiger partial charge in [0.05, 0.1) is 5.75 Å². The fraction of sp³-hybridized carbons (Fsp3) is 0.318.